The molecule has 0 bridgehead atoms. The van der Waals surface area contributed by atoms with Gasteiger partial charge in [-0.05, 0) is 37.1 Å². The first kappa shape index (κ1) is 20.1. The number of amides is 1. The highest BCUT2D eigenvalue weighted by Gasteiger charge is 2.23. The highest BCUT2D eigenvalue weighted by atomic mass is 32.2. The molecular formula is C24H27N5OS. The average molecular weight is 434 g/mol. The van der Waals surface area contributed by atoms with E-state index in [2.05, 4.69) is 73.5 Å². The van der Waals surface area contributed by atoms with Crippen molar-refractivity contribution >= 4 is 29.0 Å². The van der Waals surface area contributed by atoms with E-state index in [1.807, 2.05) is 0 Å². The van der Waals surface area contributed by atoms with Gasteiger partial charge in [0, 0.05) is 48.7 Å². The normalized spacial score (nSPS) is 14.9. The lowest BCUT2D eigenvalue weighted by atomic mass is 10.2. The Hall–Kier alpha value is -2.80. The van der Waals surface area contributed by atoms with Crippen LogP contribution in [-0.2, 0) is 24.2 Å². The molecule has 0 atom stereocenters. The lowest BCUT2D eigenvalue weighted by molar-refractivity contribution is -0.120. The largest absolute Gasteiger partial charge is 0.356 e. The third-order valence-corrected chi connectivity index (χ3v) is 7.08. The number of carbonyl (C=O) groups excluding carboxylic acids is 1. The lowest BCUT2D eigenvalue weighted by Gasteiger charge is -2.32. The minimum Gasteiger partial charge on any atom is -0.356 e. The third-order valence-electron chi connectivity index (χ3n) is 5.95. The fourth-order valence-electron chi connectivity index (χ4n) is 4.37. The molecule has 160 valence electrons. The fourth-order valence-corrected chi connectivity index (χ4v) is 5.46. The van der Waals surface area contributed by atoms with Crippen molar-refractivity contribution in [3.63, 3.8) is 0 Å². The number of fused-ring (bicyclic) bond motifs is 3. The molecule has 1 amide bonds. The molecule has 5 rings (SSSR count). The second-order valence-corrected chi connectivity index (χ2v) is 9.12. The van der Waals surface area contributed by atoms with Crippen LogP contribution in [0.5, 0.6) is 0 Å². The summed E-state index contributed by atoms with van der Waals surface area (Å²) in [7, 11) is 0. The van der Waals surface area contributed by atoms with Crippen LogP contribution in [0.4, 0.5) is 11.4 Å². The lowest BCUT2D eigenvalue weighted by Crippen LogP contribution is -2.31. The van der Waals surface area contributed by atoms with Crippen LogP contribution < -0.4 is 10.2 Å². The van der Waals surface area contributed by atoms with Gasteiger partial charge in [-0.15, -0.1) is 10.2 Å². The standard InChI is InChI=1S/C24H27N5OS/c30-24(25-15-13-23-27-26-22-12-2-1-7-16-29(22)23)14-17-28-18-8-3-5-10-20(18)31-21-11-6-4-9-19(21)28/h3-6,8-11H,1-2,7,12-17H2,(H,25,30). The molecule has 0 fully saturated rings. The Morgan fingerprint density at radius 1 is 0.968 bits per heavy atom. The average Bonchev–Trinajstić information content (AvgIpc) is 3.02. The molecule has 0 saturated heterocycles. The molecule has 2 aromatic carbocycles. The van der Waals surface area contributed by atoms with Gasteiger partial charge in [-0.3, -0.25) is 4.79 Å². The van der Waals surface area contributed by atoms with Gasteiger partial charge in [0.15, 0.2) is 0 Å². The van der Waals surface area contributed by atoms with E-state index in [0.29, 0.717) is 19.5 Å². The molecule has 1 aromatic heterocycles. The first-order chi connectivity index (χ1) is 15.3. The number of benzene rings is 2. The molecule has 31 heavy (non-hydrogen) atoms. The van der Waals surface area contributed by atoms with Gasteiger partial charge in [-0.2, -0.15) is 0 Å². The molecule has 0 spiro atoms. The van der Waals surface area contributed by atoms with Crippen molar-refractivity contribution in [1.29, 1.82) is 0 Å². The quantitative estimate of drug-likeness (QED) is 0.626. The Morgan fingerprint density at radius 3 is 2.48 bits per heavy atom. The number of hydrogen-bond donors (Lipinski definition) is 1. The van der Waals surface area contributed by atoms with Gasteiger partial charge in [-0.1, -0.05) is 42.4 Å². The molecule has 1 N–H and O–H groups in total. The monoisotopic (exact) mass is 433 g/mol. The summed E-state index contributed by atoms with van der Waals surface area (Å²) < 4.78 is 2.25. The van der Waals surface area contributed by atoms with Crippen LogP contribution >= 0.6 is 11.8 Å². The van der Waals surface area contributed by atoms with Gasteiger partial charge in [0.25, 0.3) is 0 Å². The van der Waals surface area contributed by atoms with E-state index in [-0.39, 0.29) is 5.91 Å². The highest BCUT2D eigenvalue weighted by molar-refractivity contribution is 7.99. The third kappa shape index (κ3) is 4.32. The Balaban J connectivity index is 1.19. The van der Waals surface area contributed by atoms with Crippen molar-refractivity contribution in [3.05, 3.63) is 60.2 Å². The zero-order valence-electron chi connectivity index (χ0n) is 17.6. The highest BCUT2D eigenvalue weighted by Crippen LogP contribution is 2.47. The molecule has 3 heterocycles. The predicted molar refractivity (Wildman–Crippen MR) is 123 cm³/mol. The maximum Gasteiger partial charge on any atom is 0.221 e. The van der Waals surface area contributed by atoms with Crippen molar-refractivity contribution in [1.82, 2.24) is 20.1 Å². The molecule has 0 aliphatic carbocycles. The number of aromatic nitrogens is 3. The summed E-state index contributed by atoms with van der Waals surface area (Å²) in [6.45, 7) is 2.25. The topological polar surface area (TPSA) is 63.1 Å². The van der Waals surface area contributed by atoms with Crippen LogP contribution in [0.25, 0.3) is 0 Å². The minimum absolute atomic E-state index is 0.0730. The van der Waals surface area contributed by atoms with Crippen LogP contribution in [0, 0.1) is 0 Å². The van der Waals surface area contributed by atoms with Crippen LogP contribution in [0.15, 0.2) is 58.3 Å². The Morgan fingerprint density at radius 2 is 1.71 bits per heavy atom. The summed E-state index contributed by atoms with van der Waals surface area (Å²) in [5, 5.41) is 11.8. The van der Waals surface area contributed by atoms with E-state index < -0.39 is 0 Å². The van der Waals surface area contributed by atoms with E-state index >= 15 is 0 Å². The Bertz CT molecular complexity index is 1030. The molecule has 3 aromatic rings. The second-order valence-electron chi connectivity index (χ2n) is 8.03. The van der Waals surface area contributed by atoms with Crippen molar-refractivity contribution in [2.45, 2.75) is 54.9 Å². The summed E-state index contributed by atoms with van der Waals surface area (Å²) in [5.74, 6) is 2.16. The Kier molecular flexibility index (Phi) is 5.93. The van der Waals surface area contributed by atoms with Gasteiger partial charge in [0.05, 0.1) is 11.4 Å². The van der Waals surface area contributed by atoms with Crippen LogP contribution in [0.2, 0.25) is 0 Å². The van der Waals surface area contributed by atoms with E-state index in [9.17, 15) is 4.79 Å². The van der Waals surface area contributed by atoms with Gasteiger partial charge in [0.1, 0.15) is 11.6 Å². The van der Waals surface area contributed by atoms with E-state index in [1.165, 1.54) is 40.4 Å². The number of hydrogen-bond acceptors (Lipinski definition) is 5. The molecular weight excluding hydrogens is 406 g/mol. The maximum atomic E-state index is 12.6. The molecule has 2 aliphatic heterocycles. The summed E-state index contributed by atoms with van der Waals surface area (Å²) in [6, 6.07) is 16.8. The molecule has 2 aliphatic rings. The van der Waals surface area contributed by atoms with Gasteiger partial charge >= 0.3 is 0 Å². The Labute approximate surface area is 187 Å². The smallest absolute Gasteiger partial charge is 0.221 e. The fraction of sp³-hybridized carbons (Fsp3) is 0.375. The van der Waals surface area contributed by atoms with Gasteiger partial charge in [-0.25, -0.2) is 0 Å². The number of nitrogens with zero attached hydrogens (tertiary/aromatic N) is 4. The number of nitrogens with one attached hydrogen (secondary N) is 1. The summed E-state index contributed by atoms with van der Waals surface area (Å²) in [6.07, 6.45) is 5.81. The van der Waals surface area contributed by atoms with Crippen molar-refractivity contribution in [2.75, 3.05) is 18.0 Å². The molecule has 6 nitrogen and oxygen atoms in total. The molecule has 0 unspecified atom stereocenters. The summed E-state index contributed by atoms with van der Waals surface area (Å²) in [4.78, 5) is 17.3. The predicted octanol–water partition coefficient (Wildman–Crippen LogP) is 4.36. The van der Waals surface area contributed by atoms with E-state index in [0.717, 1.165) is 31.0 Å². The molecule has 7 heteroatoms. The number of carbonyl (C=O) groups is 1. The number of aryl methyl sites for hydroxylation is 1. The summed E-state index contributed by atoms with van der Waals surface area (Å²) in [5.41, 5.74) is 2.34. The maximum absolute atomic E-state index is 12.6. The molecule has 0 radical (unpaired) electrons. The zero-order valence-corrected chi connectivity index (χ0v) is 18.4. The first-order valence-corrected chi connectivity index (χ1v) is 11.9. The van der Waals surface area contributed by atoms with Crippen molar-refractivity contribution in [3.8, 4) is 0 Å². The first-order valence-electron chi connectivity index (χ1n) is 11.1. The second kappa shape index (κ2) is 9.14. The minimum atomic E-state index is 0.0730. The van der Waals surface area contributed by atoms with E-state index in [1.54, 1.807) is 11.8 Å². The van der Waals surface area contributed by atoms with Crippen LogP contribution in [-0.4, -0.2) is 33.8 Å². The van der Waals surface area contributed by atoms with Gasteiger partial charge < -0.3 is 14.8 Å². The van der Waals surface area contributed by atoms with Crippen molar-refractivity contribution < 1.29 is 4.79 Å². The number of rotatable bonds is 6. The van der Waals surface area contributed by atoms with E-state index in [4.69, 9.17) is 0 Å². The number of anilines is 2. The SMILES string of the molecule is O=C(CCN1c2ccccc2Sc2ccccc21)NCCc1nnc2n1CCCCC2. The van der Waals surface area contributed by atoms with Gasteiger partial charge in [0.2, 0.25) is 5.91 Å². The summed E-state index contributed by atoms with van der Waals surface area (Å²) >= 11 is 1.79. The van der Waals surface area contributed by atoms with Crippen LogP contribution in [0.3, 0.4) is 0 Å². The van der Waals surface area contributed by atoms with Crippen LogP contribution in [0.1, 0.15) is 37.3 Å². The zero-order chi connectivity index (χ0) is 21.0. The molecule has 0 saturated carbocycles. The number of para-hydroxylation sites is 2. The van der Waals surface area contributed by atoms with Crippen molar-refractivity contribution in [2.24, 2.45) is 0 Å².